The van der Waals surface area contributed by atoms with E-state index >= 15 is 0 Å². The fourth-order valence-electron chi connectivity index (χ4n) is 3.95. The average Bonchev–Trinajstić information content (AvgIpc) is 3.02. The summed E-state index contributed by atoms with van der Waals surface area (Å²) < 4.78 is 11.5. The third-order valence-corrected chi connectivity index (χ3v) is 5.49. The number of fused-ring (bicyclic) bond motifs is 2. The second kappa shape index (κ2) is 12.3. The Bertz CT molecular complexity index is 909. The molecule has 1 unspecified atom stereocenters. The highest BCUT2D eigenvalue weighted by Gasteiger charge is 2.18. The molecule has 1 atom stereocenters. The van der Waals surface area contributed by atoms with Gasteiger partial charge < -0.3 is 25.2 Å². The van der Waals surface area contributed by atoms with Crippen LogP contribution in [0.15, 0.2) is 47.5 Å². The Labute approximate surface area is 207 Å². The molecule has 0 spiro atoms. The van der Waals surface area contributed by atoms with Crippen LogP contribution < -0.4 is 20.1 Å². The summed E-state index contributed by atoms with van der Waals surface area (Å²) in [6.45, 7) is 6.86. The first-order valence-electron chi connectivity index (χ1n) is 11.1. The Morgan fingerprint density at radius 3 is 2.72 bits per heavy atom. The lowest BCUT2D eigenvalue weighted by Gasteiger charge is -2.30. The summed E-state index contributed by atoms with van der Waals surface area (Å²) in [5, 5.41) is 17.1. The van der Waals surface area contributed by atoms with Gasteiger partial charge in [-0.05, 0) is 36.6 Å². The van der Waals surface area contributed by atoms with Crippen LogP contribution in [0.1, 0.15) is 24.5 Å². The number of hydrogen-bond acceptors (Lipinski definition) is 5. The molecule has 2 aliphatic rings. The van der Waals surface area contributed by atoms with Crippen LogP contribution in [0, 0.1) is 0 Å². The Morgan fingerprint density at radius 2 is 1.91 bits per heavy atom. The number of ether oxygens (including phenoxy) is 2. The lowest BCUT2D eigenvalue weighted by atomic mass is 10.00. The molecule has 7 nitrogen and oxygen atoms in total. The van der Waals surface area contributed by atoms with E-state index in [0.29, 0.717) is 32.3 Å². The highest BCUT2D eigenvalue weighted by atomic mass is 127. The van der Waals surface area contributed by atoms with Crippen LogP contribution in [0.5, 0.6) is 11.5 Å². The SMILES string of the molecule is CCNC(=NCC(O)CN1CCc2ccccc2C1)Nc1ccc2c(c1)OCCCO2.I. The summed E-state index contributed by atoms with van der Waals surface area (Å²) in [7, 11) is 0. The summed E-state index contributed by atoms with van der Waals surface area (Å²) in [6, 6.07) is 14.3. The van der Waals surface area contributed by atoms with Crippen LogP contribution in [0.3, 0.4) is 0 Å². The number of hydrogen-bond donors (Lipinski definition) is 3. The largest absolute Gasteiger partial charge is 0.490 e. The topological polar surface area (TPSA) is 78.4 Å². The van der Waals surface area contributed by atoms with Crippen molar-refractivity contribution in [3.63, 3.8) is 0 Å². The van der Waals surface area contributed by atoms with Crippen LogP contribution in [0.2, 0.25) is 0 Å². The Kier molecular flexibility index (Phi) is 9.43. The summed E-state index contributed by atoms with van der Waals surface area (Å²) in [4.78, 5) is 6.89. The molecule has 0 aromatic heterocycles. The maximum Gasteiger partial charge on any atom is 0.195 e. The molecule has 0 amide bonds. The molecule has 0 aliphatic carbocycles. The molecule has 0 radical (unpaired) electrons. The lowest BCUT2D eigenvalue weighted by molar-refractivity contribution is 0.112. The van der Waals surface area contributed by atoms with E-state index in [1.807, 2.05) is 25.1 Å². The molecule has 2 aromatic carbocycles. The third kappa shape index (κ3) is 6.73. The number of benzene rings is 2. The number of aliphatic imine (C=N–C) groups is 1. The molecule has 8 heteroatoms. The monoisotopic (exact) mass is 552 g/mol. The lowest BCUT2D eigenvalue weighted by Crippen LogP contribution is -2.38. The van der Waals surface area contributed by atoms with Gasteiger partial charge in [0, 0.05) is 44.4 Å². The fraction of sp³-hybridized carbons (Fsp3) is 0.458. The van der Waals surface area contributed by atoms with Gasteiger partial charge in [0.25, 0.3) is 0 Å². The second-order valence-electron chi connectivity index (χ2n) is 7.96. The number of nitrogens with zero attached hydrogens (tertiary/aromatic N) is 2. The number of anilines is 1. The standard InChI is InChI=1S/C24H32N4O3.HI/c1-2-25-24(27-20-8-9-22-23(14-20)31-13-5-12-30-22)26-15-21(29)17-28-11-10-18-6-3-4-7-19(18)16-28;/h3-4,6-9,14,21,29H,2,5,10-13,15-17H2,1H3,(H2,25,26,27);1H. The zero-order valence-corrected chi connectivity index (χ0v) is 20.9. The van der Waals surface area contributed by atoms with Gasteiger partial charge in [0.05, 0.1) is 25.9 Å². The summed E-state index contributed by atoms with van der Waals surface area (Å²) in [5.41, 5.74) is 3.64. The van der Waals surface area contributed by atoms with Crippen molar-refractivity contribution in [2.75, 3.05) is 44.7 Å². The van der Waals surface area contributed by atoms with E-state index in [-0.39, 0.29) is 24.0 Å². The van der Waals surface area contributed by atoms with E-state index in [4.69, 9.17) is 9.47 Å². The first kappa shape index (κ1) is 24.6. The van der Waals surface area contributed by atoms with Crippen molar-refractivity contribution in [2.45, 2.75) is 32.4 Å². The number of aliphatic hydroxyl groups is 1. The highest BCUT2D eigenvalue weighted by molar-refractivity contribution is 14.0. The van der Waals surface area contributed by atoms with Gasteiger partial charge >= 0.3 is 0 Å². The first-order valence-corrected chi connectivity index (χ1v) is 11.1. The molecule has 2 aromatic rings. The third-order valence-electron chi connectivity index (χ3n) is 5.49. The van der Waals surface area contributed by atoms with Crippen LogP contribution in [-0.4, -0.2) is 61.5 Å². The number of guanidine groups is 1. The van der Waals surface area contributed by atoms with Crippen molar-refractivity contribution < 1.29 is 14.6 Å². The van der Waals surface area contributed by atoms with E-state index < -0.39 is 6.10 Å². The van der Waals surface area contributed by atoms with Gasteiger partial charge in [0.2, 0.25) is 0 Å². The second-order valence-corrected chi connectivity index (χ2v) is 7.96. The molecule has 0 saturated carbocycles. The maximum absolute atomic E-state index is 10.6. The van der Waals surface area contributed by atoms with E-state index in [9.17, 15) is 5.11 Å². The summed E-state index contributed by atoms with van der Waals surface area (Å²) in [5.74, 6) is 2.15. The quantitative estimate of drug-likeness (QED) is 0.290. The van der Waals surface area contributed by atoms with Crippen LogP contribution in [0.25, 0.3) is 0 Å². The predicted octanol–water partition coefficient (Wildman–Crippen LogP) is 3.26. The molecule has 4 rings (SSSR count). The van der Waals surface area contributed by atoms with Crippen molar-refractivity contribution in [2.24, 2.45) is 4.99 Å². The van der Waals surface area contributed by atoms with Gasteiger partial charge in [-0.1, -0.05) is 24.3 Å². The minimum atomic E-state index is -0.524. The molecule has 0 bridgehead atoms. The number of aliphatic hydroxyl groups excluding tert-OH is 1. The van der Waals surface area contributed by atoms with Crippen LogP contribution in [0.4, 0.5) is 5.69 Å². The zero-order chi connectivity index (χ0) is 21.5. The van der Waals surface area contributed by atoms with Crippen molar-refractivity contribution in [1.82, 2.24) is 10.2 Å². The Balaban J connectivity index is 0.00000289. The zero-order valence-electron chi connectivity index (χ0n) is 18.5. The molecule has 2 heterocycles. The predicted molar refractivity (Wildman–Crippen MR) is 138 cm³/mol. The highest BCUT2D eigenvalue weighted by Crippen LogP contribution is 2.32. The minimum Gasteiger partial charge on any atom is -0.490 e. The molecule has 0 saturated heterocycles. The number of β-amino-alcohol motifs (C(OH)–C–C–N with tert-alkyl or cyclic N) is 1. The number of halogens is 1. The van der Waals surface area contributed by atoms with Gasteiger partial charge in [0.1, 0.15) is 0 Å². The van der Waals surface area contributed by atoms with Gasteiger partial charge in [0.15, 0.2) is 17.5 Å². The van der Waals surface area contributed by atoms with E-state index in [1.54, 1.807) is 0 Å². The van der Waals surface area contributed by atoms with Gasteiger partial charge in [-0.15, -0.1) is 24.0 Å². The maximum atomic E-state index is 10.6. The van der Waals surface area contributed by atoms with Crippen molar-refractivity contribution in [3.05, 3.63) is 53.6 Å². The van der Waals surface area contributed by atoms with E-state index in [2.05, 4.69) is 44.8 Å². The average molecular weight is 552 g/mol. The summed E-state index contributed by atoms with van der Waals surface area (Å²) >= 11 is 0. The fourth-order valence-corrected chi connectivity index (χ4v) is 3.95. The Hall–Kier alpha value is -2.04. The molecule has 2 aliphatic heterocycles. The van der Waals surface area contributed by atoms with Gasteiger partial charge in [-0.3, -0.25) is 9.89 Å². The molecule has 32 heavy (non-hydrogen) atoms. The molecule has 0 fully saturated rings. The van der Waals surface area contributed by atoms with Gasteiger partial charge in [-0.2, -0.15) is 0 Å². The van der Waals surface area contributed by atoms with E-state index in [1.165, 1.54) is 11.1 Å². The number of rotatable bonds is 6. The van der Waals surface area contributed by atoms with E-state index in [0.717, 1.165) is 49.7 Å². The van der Waals surface area contributed by atoms with Gasteiger partial charge in [-0.25, -0.2) is 0 Å². The smallest absolute Gasteiger partial charge is 0.195 e. The van der Waals surface area contributed by atoms with Crippen LogP contribution in [-0.2, 0) is 13.0 Å². The van der Waals surface area contributed by atoms with Crippen LogP contribution >= 0.6 is 24.0 Å². The first-order chi connectivity index (χ1) is 15.2. The Morgan fingerprint density at radius 1 is 1.12 bits per heavy atom. The minimum absolute atomic E-state index is 0. The molecular formula is C24H33IN4O3. The van der Waals surface area contributed by atoms with Crippen molar-refractivity contribution in [3.8, 4) is 11.5 Å². The molecular weight excluding hydrogens is 519 g/mol. The molecule has 3 N–H and O–H groups in total. The normalized spacial score (nSPS) is 16.9. The van der Waals surface area contributed by atoms with Crippen molar-refractivity contribution in [1.29, 1.82) is 0 Å². The van der Waals surface area contributed by atoms with Crippen molar-refractivity contribution >= 4 is 35.6 Å². The molecule has 174 valence electrons. The number of nitrogens with one attached hydrogen (secondary N) is 2. The summed E-state index contributed by atoms with van der Waals surface area (Å²) in [6.07, 6.45) is 1.38.